The maximum atomic E-state index is 10.9. The van der Waals surface area contributed by atoms with Gasteiger partial charge in [0.05, 0.1) is 12.5 Å². The van der Waals surface area contributed by atoms with Crippen LogP contribution in [0.15, 0.2) is 24.3 Å². The molecule has 1 fully saturated rings. The highest BCUT2D eigenvalue weighted by molar-refractivity contribution is 5.75. The fourth-order valence-electron chi connectivity index (χ4n) is 1.73. The van der Waals surface area contributed by atoms with E-state index >= 15 is 0 Å². The number of nitrogens with one attached hydrogen (secondary N) is 1. The average Bonchev–Trinajstić information content (AvgIpc) is 2.87. The summed E-state index contributed by atoms with van der Waals surface area (Å²) in [5, 5.41) is 7.98. The van der Waals surface area contributed by atoms with Gasteiger partial charge >= 0.3 is 5.97 Å². The number of cyclic esters (lactones) is 1. The summed E-state index contributed by atoms with van der Waals surface area (Å²) in [5.74, 6) is -0.179. The minimum atomic E-state index is -0.179. The van der Waals surface area contributed by atoms with Gasteiger partial charge in [-0.2, -0.15) is 4.79 Å². The van der Waals surface area contributed by atoms with E-state index in [9.17, 15) is 4.79 Å². The third-order valence-electron chi connectivity index (χ3n) is 2.52. The van der Waals surface area contributed by atoms with Gasteiger partial charge in [0, 0.05) is 0 Å². The van der Waals surface area contributed by atoms with Gasteiger partial charge in [-0.25, -0.2) is 0 Å². The molecule has 1 N–H and O–H groups in total. The highest BCUT2D eigenvalue weighted by atomic mass is 16.5. The Labute approximate surface area is 91.2 Å². The molecule has 0 saturated carbocycles. The average molecular weight is 218 g/mol. The van der Waals surface area contributed by atoms with Gasteiger partial charge in [0.15, 0.2) is 0 Å². The number of rotatable bonds is 2. The number of hydrogen-bond acceptors (Lipinski definition) is 5. The molecule has 6 heteroatoms. The van der Waals surface area contributed by atoms with E-state index in [1.807, 2.05) is 24.3 Å². The summed E-state index contributed by atoms with van der Waals surface area (Å²) < 4.78 is 4.86. The van der Waals surface area contributed by atoms with Gasteiger partial charge in [0.1, 0.15) is 17.6 Å². The van der Waals surface area contributed by atoms with E-state index in [1.54, 1.807) is 4.79 Å². The second-order valence-corrected chi connectivity index (χ2v) is 3.70. The Kier molecular flexibility index (Phi) is 1.99. The summed E-state index contributed by atoms with van der Waals surface area (Å²) in [6.45, 7) is 0.382. The summed E-state index contributed by atoms with van der Waals surface area (Å²) in [6.07, 6.45) is 0.369. The predicted octanol–water partition coefficient (Wildman–Crippen LogP) is 0.290. The molecule has 1 saturated heterocycles. The topological polar surface area (TPSA) is 69.0 Å². The first-order valence-corrected chi connectivity index (χ1v) is 5.05. The van der Waals surface area contributed by atoms with Crippen molar-refractivity contribution in [2.75, 3.05) is 12.0 Å². The molecule has 2 heterocycles. The van der Waals surface area contributed by atoms with Gasteiger partial charge in [-0.15, -0.1) is 5.10 Å². The van der Waals surface area contributed by atoms with E-state index in [4.69, 9.17) is 4.74 Å². The third-order valence-corrected chi connectivity index (χ3v) is 2.52. The summed E-state index contributed by atoms with van der Waals surface area (Å²) in [5.41, 5.74) is 4.80. The van der Waals surface area contributed by atoms with Gasteiger partial charge in [-0.05, 0) is 17.3 Å². The zero-order valence-electron chi connectivity index (χ0n) is 8.46. The Morgan fingerprint density at radius 3 is 3.12 bits per heavy atom. The van der Waals surface area contributed by atoms with Crippen molar-refractivity contribution in [2.24, 2.45) is 0 Å². The zero-order valence-corrected chi connectivity index (χ0v) is 8.46. The Morgan fingerprint density at radius 2 is 2.31 bits per heavy atom. The van der Waals surface area contributed by atoms with Crippen LogP contribution in [0.5, 0.6) is 0 Å². The summed E-state index contributed by atoms with van der Waals surface area (Å²) in [7, 11) is 0. The number of aromatic nitrogens is 3. The lowest BCUT2D eigenvalue weighted by Gasteiger charge is -2.10. The molecule has 1 aliphatic rings. The van der Waals surface area contributed by atoms with E-state index in [2.05, 4.69) is 15.7 Å². The van der Waals surface area contributed by atoms with Crippen molar-refractivity contribution in [1.82, 2.24) is 15.1 Å². The van der Waals surface area contributed by atoms with E-state index in [0.717, 1.165) is 11.0 Å². The molecular formula is C10H10N4O2. The lowest BCUT2D eigenvalue weighted by atomic mass is 10.3. The van der Waals surface area contributed by atoms with Crippen molar-refractivity contribution in [1.29, 1.82) is 0 Å². The molecule has 1 aliphatic heterocycles. The van der Waals surface area contributed by atoms with Crippen molar-refractivity contribution in [2.45, 2.75) is 12.5 Å². The number of hydrogen-bond donors (Lipinski definition) is 1. The van der Waals surface area contributed by atoms with Crippen molar-refractivity contribution in [3.8, 4) is 0 Å². The van der Waals surface area contributed by atoms with Crippen molar-refractivity contribution in [3.05, 3.63) is 24.3 Å². The molecule has 3 rings (SSSR count). The van der Waals surface area contributed by atoms with Crippen LogP contribution in [0.3, 0.4) is 0 Å². The van der Waals surface area contributed by atoms with Crippen molar-refractivity contribution >= 4 is 17.0 Å². The molecule has 2 aromatic rings. The molecule has 82 valence electrons. The first kappa shape index (κ1) is 9.14. The number of carbonyl (C=O) groups is 1. The monoisotopic (exact) mass is 218 g/mol. The van der Waals surface area contributed by atoms with Crippen molar-refractivity contribution in [3.63, 3.8) is 0 Å². The molecular weight excluding hydrogens is 208 g/mol. The van der Waals surface area contributed by atoms with Crippen LogP contribution in [0.1, 0.15) is 6.42 Å². The summed E-state index contributed by atoms with van der Waals surface area (Å²) >= 11 is 0. The van der Waals surface area contributed by atoms with Crippen LogP contribution in [0, 0.1) is 0 Å². The Bertz CT molecular complexity index is 536. The zero-order chi connectivity index (χ0) is 11.0. The number of ether oxygens (including phenoxy) is 1. The maximum absolute atomic E-state index is 10.9. The van der Waals surface area contributed by atoms with Crippen LogP contribution >= 0.6 is 0 Å². The van der Waals surface area contributed by atoms with Crippen LogP contribution in [0.25, 0.3) is 11.0 Å². The van der Waals surface area contributed by atoms with E-state index in [0.29, 0.717) is 13.0 Å². The lowest BCUT2D eigenvalue weighted by molar-refractivity contribution is -0.137. The summed E-state index contributed by atoms with van der Waals surface area (Å²) in [6, 6.07) is 7.60. The van der Waals surface area contributed by atoms with Gasteiger partial charge in [-0.1, -0.05) is 12.1 Å². The quantitative estimate of drug-likeness (QED) is 0.734. The van der Waals surface area contributed by atoms with Crippen LogP contribution in [-0.2, 0) is 9.53 Å². The third kappa shape index (κ3) is 1.48. The number of nitrogens with zero attached hydrogens (tertiary/aromatic N) is 3. The molecule has 0 aliphatic carbocycles. The van der Waals surface area contributed by atoms with Crippen molar-refractivity contribution < 1.29 is 9.53 Å². The van der Waals surface area contributed by atoms with Crippen LogP contribution in [0.4, 0.5) is 0 Å². The molecule has 0 radical (unpaired) electrons. The van der Waals surface area contributed by atoms with Crippen LogP contribution in [-0.4, -0.2) is 33.7 Å². The van der Waals surface area contributed by atoms with E-state index < -0.39 is 0 Å². The first-order chi connectivity index (χ1) is 7.83. The van der Waals surface area contributed by atoms with Crippen LogP contribution in [0.2, 0.25) is 0 Å². The molecule has 1 atom stereocenters. The summed E-state index contributed by atoms with van der Waals surface area (Å²) in [4.78, 5) is 12.5. The Morgan fingerprint density at radius 1 is 1.44 bits per heavy atom. The minimum Gasteiger partial charge on any atom is -0.463 e. The molecule has 16 heavy (non-hydrogen) atoms. The Balaban J connectivity index is 1.86. The smallest absolute Gasteiger partial charge is 0.308 e. The van der Waals surface area contributed by atoms with Gasteiger partial charge in [0.2, 0.25) is 0 Å². The molecule has 0 bridgehead atoms. The predicted molar refractivity (Wildman–Crippen MR) is 56.3 cm³/mol. The van der Waals surface area contributed by atoms with Crippen LogP contribution < -0.4 is 5.43 Å². The number of benzene rings is 1. The maximum Gasteiger partial charge on any atom is 0.308 e. The minimum absolute atomic E-state index is 0.0300. The second-order valence-electron chi connectivity index (χ2n) is 3.70. The standard InChI is InChI=1S/C10H10N4O2/c15-10-5-7(6-16-10)12-14-9-4-2-1-3-8(9)11-13-14/h1-4,7,12H,5-6H2. The second kappa shape index (κ2) is 3.48. The molecule has 6 nitrogen and oxygen atoms in total. The number of esters is 1. The van der Waals surface area contributed by atoms with Gasteiger partial charge < -0.3 is 10.2 Å². The largest absolute Gasteiger partial charge is 0.463 e. The Hall–Kier alpha value is -2.11. The highest BCUT2D eigenvalue weighted by Crippen LogP contribution is 2.11. The lowest BCUT2D eigenvalue weighted by Crippen LogP contribution is -2.29. The SMILES string of the molecule is O=C1CC(Nn2nnc3ccccc32)CO1. The molecule has 0 spiro atoms. The molecule has 0 amide bonds. The highest BCUT2D eigenvalue weighted by Gasteiger charge is 2.24. The normalized spacial score (nSPS) is 20.0. The fraction of sp³-hybridized carbons (Fsp3) is 0.300. The molecule has 1 aromatic heterocycles. The van der Waals surface area contributed by atoms with E-state index in [1.165, 1.54) is 0 Å². The number of carbonyl (C=O) groups excluding carboxylic acids is 1. The number of fused-ring (bicyclic) bond motifs is 1. The molecule has 1 aromatic carbocycles. The van der Waals surface area contributed by atoms with Gasteiger partial charge in [-0.3, -0.25) is 4.79 Å². The molecule has 1 unspecified atom stereocenters. The van der Waals surface area contributed by atoms with E-state index in [-0.39, 0.29) is 12.0 Å². The van der Waals surface area contributed by atoms with Gasteiger partial charge in [0.25, 0.3) is 0 Å². The first-order valence-electron chi connectivity index (χ1n) is 5.05. The fourth-order valence-corrected chi connectivity index (χ4v) is 1.73. The number of para-hydroxylation sites is 1.